The van der Waals surface area contributed by atoms with Gasteiger partial charge in [-0.15, -0.1) is 11.8 Å². The van der Waals surface area contributed by atoms with Crippen molar-refractivity contribution >= 4 is 39.3 Å². The first-order chi connectivity index (χ1) is 15.7. The highest BCUT2D eigenvalue weighted by Gasteiger charge is 2.34. The molecule has 3 N–H and O–H groups in total. The number of nitrogens with one attached hydrogen (secondary N) is 3. The largest absolute Gasteiger partial charge is 0.357 e. The van der Waals surface area contributed by atoms with E-state index >= 15 is 0 Å². The minimum Gasteiger partial charge on any atom is -0.357 e. The molecule has 0 bridgehead atoms. The molecule has 0 radical (unpaired) electrons. The lowest BCUT2D eigenvalue weighted by molar-refractivity contribution is -0.127. The molecule has 2 amide bonds. The van der Waals surface area contributed by atoms with E-state index in [4.69, 9.17) is 1.37 Å². The number of benzene rings is 2. The van der Waals surface area contributed by atoms with E-state index in [9.17, 15) is 40.0 Å². The number of rotatable bonds is 8. The molecule has 7 nitrogen and oxygen atoms in total. The first kappa shape index (κ1) is 24.8. The Kier molecular flexibility index (Phi) is 7.79. The molecule has 0 fully saturated rings. The van der Waals surface area contributed by atoms with Crippen molar-refractivity contribution in [2.75, 3.05) is 17.5 Å². The molecule has 180 valence electrons. The number of carbonyl (C=O) groups excluding carboxylic acids is 2. The third-order valence-electron chi connectivity index (χ3n) is 4.12. The van der Waals surface area contributed by atoms with Gasteiger partial charge in [0.25, 0.3) is 10.0 Å². The zero-order valence-corrected chi connectivity index (χ0v) is 18.9. The average Bonchev–Trinajstić information content (AvgIpc) is 2.74. The van der Waals surface area contributed by atoms with E-state index in [0.29, 0.717) is 6.07 Å². The van der Waals surface area contributed by atoms with Gasteiger partial charge in [-0.1, -0.05) is 6.07 Å². The van der Waals surface area contributed by atoms with Gasteiger partial charge in [0.15, 0.2) is 28.2 Å². The standard InChI is InChI=1S/C19H18F5N3O4S2/c1-8-4-5-10(6-11(8)20)27-33(30,31)18-15(23)13(21)17(14(22)16(18)24)32-7-12(19(29)25-3)26-9(2)28/h4-6,12,27H,7H2,1-3H3,(H,25,29)(H,26,28)/i5T. The van der Waals surface area contributed by atoms with E-state index in [-0.39, 0.29) is 17.3 Å². The summed E-state index contributed by atoms with van der Waals surface area (Å²) in [5.74, 6) is -11.6. The summed E-state index contributed by atoms with van der Waals surface area (Å²) in [7, 11) is -4.13. The molecule has 0 aromatic heterocycles. The summed E-state index contributed by atoms with van der Waals surface area (Å²) >= 11 is 0.125. The molecule has 1 atom stereocenters. The molecule has 2 aromatic rings. The number of anilines is 1. The second-order valence-electron chi connectivity index (χ2n) is 6.58. The van der Waals surface area contributed by atoms with E-state index in [2.05, 4.69) is 10.6 Å². The van der Waals surface area contributed by atoms with Gasteiger partial charge in [-0.25, -0.2) is 30.4 Å². The molecular formula is C19H18F5N3O4S2. The fourth-order valence-electron chi connectivity index (χ4n) is 2.52. The first-order valence-corrected chi connectivity index (χ1v) is 11.4. The van der Waals surface area contributed by atoms with Crippen LogP contribution in [0.25, 0.3) is 0 Å². The van der Waals surface area contributed by atoms with Crippen LogP contribution in [0.5, 0.6) is 0 Å². The number of sulfonamides is 1. The second-order valence-corrected chi connectivity index (χ2v) is 9.23. The maximum atomic E-state index is 14.6. The Bertz CT molecular complexity index is 1230. The van der Waals surface area contributed by atoms with Crippen molar-refractivity contribution in [3.63, 3.8) is 0 Å². The van der Waals surface area contributed by atoms with Crippen molar-refractivity contribution in [1.82, 2.24) is 10.6 Å². The van der Waals surface area contributed by atoms with Gasteiger partial charge in [0.05, 0.1) is 12.0 Å². The number of amides is 2. The molecular weight excluding hydrogens is 493 g/mol. The van der Waals surface area contributed by atoms with Crippen LogP contribution < -0.4 is 15.4 Å². The molecule has 1 unspecified atom stereocenters. The molecule has 33 heavy (non-hydrogen) atoms. The number of aryl methyl sites for hydroxylation is 1. The molecule has 0 aliphatic carbocycles. The molecule has 0 heterocycles. The molecule has 0 saturated heterocycles. The number of halogens is 5. The predicted octanol–water partition coefficient (Wildman–Crippen LogP) is 2.83. The van der Waals surface area contributed by atoms with E-state index < -0.39 is 84.2 Å². The quantitative estimate of drug-likeness (QED) is 0.286. The van der Waals surface area contributed by atoms with E-state index in [1.54, 1.807) is 4.72 Å². The van der Waals surface area contributed by atoms with Gasteiger partial charge in [0, 0.05) is 19.7 Å². The summed E-state index contributed by atoms with van der Waals surface area (Å²) in [5.41, 5.74) is -0.733. The summed E-state index contributed by atoms with van der Waals surface area (Å²) in [4.78, 5) is 19.7. The maximum Gasteiger partial charge on any atom is 0.267 e. The molecule has 14 heteroatoms. The minimum absolute atomic E-state index is 0.0157. The number of hydrogen-bond donors (Lipinski definition) is 3. The van der Waals surface area contributed by atoms with E-state index in [1.807, 2.05) is 0 Å². The summed E-state index contributed by atoms with van der Waals surface area (Å²) in [6.45, 7) is 2.35. The van der Waals surface area contributed by atoms with Gasteiger partial charge in [-0.3, -0.25) is 14.3 Å². The van der Waals surface area contributed by atoms with Crippen LogP contribution in [0.4, 0.5) is 27.6 Å². The highest BCUT2D eigenvalue weighted by Crippen LogP contribution is 2.34. The van der Waals surface area contributed by atoms with Gasteiger partial charge in [-0.05, 0) is 24.6 Å². The summed E-state index contributed by atoms with van der Waals surface area (Å²) in [5, 5.41) is 4.38. The molecule has 0 spiro atoms. The fraction of sp³-hybridized carbons (Fsp3) is 0.263. The normalized spacial score (nSPS) is 12.7. The molecule has 0 aliphatic rings. The summed E-state index contributed by atoms with van der Waals surface area (Å²) < 4.78 is 106. The summed E-state index contributed by atoms with van der Waals surface area (Å²) in [6, 6.07) is -0.384. The maximum absolute atomic E-state index is 14.6. The van der Waals surface area contributed by atoms with Gasteiger partial charge in [-0.2, -0.15) is 0 Å². The van der Waals surface area contributed by atoms with Crippen LogP contribution in [-0.4, -0.2) is 39.1 Å². The minimum atomic E-state index is -5.35. The topological polar surface area (TPSA) is 104 Å². The van der Waals surface area contributed by atoms with Crippen molar-refractivity contribution in [1.29, 1.82) is 0 Å². The van der Waals surface area contributed by atoms with E-state index in [0.717, 1.165) is 13.0 Å². The molecule has 2 rings (SSSR count). The number of hydrogen-bond acceptors (Lipinski definition) is 5. The monoisotopic (exact) mass is 513 g/mol. The first-order valence-electron chi connectivity index (χ1n) is 9.48. The number of thioether (sulfide) groups is 1. The fourth-order valence-corrected chi connectivity index (χ4v) is 4.68. The summed E-state index contributed by atoms with van der Waals surface area (Å²) in [6.07, 6.45) is 0. The van der Waals surface area contributed by atoms with E-state index in [1.165, 1.54) is 14.0 Å². The Morgan fingerprint density at radius 1 is 1.12 bits per heavy atom. The highest BCUT2D eigenvalue weighted by molar-refractivity contribution is 7.99. The van der Waals surface area contributed by atoms with Crippen LogP contribution in [0.15, 0.2) is 28.0 Å². The lowest BCUT2D eigenvalue weighted by Gasteiger charge is -2.17. The van der Waals surface area contributed by atoms with Crippen LogP contribution in [0.3, 0.4) is 0 Å². The SMILES string of the molecule is [3H]c1cc(C)c(F)cc1NS(=O)(=O)c1c(F)c(F)c(SCC(NC(C)=O)C(=O)NC)c(F)c1F. The zero-order valence-electron chi connectivity index (χ0n) is 18.3. The van der Waals surface area contributed by atoms with Crippen LogP contribution in [0, 0.1) is 36.0 Å². The van der Waals surface area contributed by atoms with Gasteiger partial charge in [0.1, 0.15) is 11.9 Å². The third kappa shape index (κ3) is 5.93. The molecule has 2 aromatic carbocycles. The Hall–Kier alpha value is -2.87. The van der Waals surface area contributed by atoms with Crippen molar-refractivity contribution in [3.8, 4) is 0 Å². The van der Waals surface area contributed by atoms with Crippen molar-refractivity contribution < 1.29 is 41.3 Å². The lowest BCUT2D eigenvalue weighted by Crippen LogP contribution is -2.46. The lowest BCUT2D eigenvalue weighted by atomic mass is 10.2. The van der Waals surface area contributed by atoms with Gasteiger partial charge >= 0.3 is 0 Å². The van der Waals surface area contributed by atoms with Gasteiger partial charge in [0.2, 0.25) is 11.8 Å². The third-order valence-corrected chi connectivity index (χ3v) is 6.65. The Balaban J connectivity index is 2.47. The molecule has 0 saturated carbocycles. The van der Waals surface area contributed by atoms with Crippen LogP contribution in [0.1, 0.15) is 13.9 Å². The van der Waals surface area contributed by atoms with Gasteiger partial charge < -0.3 is 10.6 Å². The highest BCUT2D eigenvalue weighted by atomic mass is 32.2. The van der Waals surface area contributed by atoms with Crippen LogP contribution >= 0.6 is 11.8 Å². The Labute approximate surface area is 191 Å². The zero-order chi connectivity index (χ0) is 26.0. The Morgan fingerprint density at radius 2 is 1.70 bits per heavy atom. The van der Waals surface area contributed by atoms with Crippen LogP contribution in [0.2, 0.25) is 0 Å². The van der Waals surface area contributed by atoms with Crippen LogP contribution in [-0.2, 0) is 19.6 Å². The number of carbonyl (C=O) groups is 2. The second kappa shape index (κ2) is 10.4. The Morgan fingerprint density at radius 3 is 2.21 bits per heavy atom. The smallest absolute Gasteiger partial charge is 0.267 e. The van der Waals surface area contributed by atoms with Crippen molar-refractivity contribution in [2.24, 2.45) is 0 Å². The number of likely N-dealkylation sites (N-methyl/N-ethyl adjacent to an activating group) is 1. The molecule has 0 aliphatic heterocycles. The average molecular weight is 514 g/mol. The van der Waals surface area contributed by atoms with Crippen molar-refractivity contribution in [2.45, 2.75) is 29.7 Å². The van der Waals surface area contributed by atoms with Crippen molar-refractivity contribution in [3.05, 3.63) is 52.8 Å². The predicted molar refractivity (Wildman–Crippen MR) is 111 cm³/mol.